The van der Waals surface area contributed by atoms with Gasteiger partial charge in [-0.15, -0.1) is 0 Å². The van der Waals surface area contributed by atoms with Crippen molar-refractivity contribution < 1.29 is 19.0 Å². The number of esters is 1. The van der Waals surface area contributed by atoms with Crippen molar-refractivity contribution in [3.05, 3.63) is 66.0 Å². The molecule has 3 atom stereocenters. The number of aromatic nitrogens is 1. The number of nitrogens with zero attached hydrogens (tertiary/aromatic N) is 1. The number of ether oxygens (including phenoxy) is 1. The molecule has 0 amide bonds. The fourth-order valence-corrected chi connectivity index (χ4v) is 5.63. The summed E-state index contributed by atoms with van der Waals surface area (Å²) in [4.78, 5) is 28.3. The molecule has 0 bridgehead atoms. The maximum Gasteiger partial charge on any atom is 0.317 e. The summed E-state index contributed by atoms with van der Waals surface area (Å²) in [6.07, 6.45) is 4.92. The molecule has 2 aromatic rings. The molecule has 5 nitrogen and oxygen atoms in total. The van der Waals surface area contributed by atoms with Gasteiger partial charge in [-0.25, -0.2) is 0 Å². The summed E-state index contributed by atoms with van der Waals surface area (Å²) in [7, 11) is -3.75. The quantitative estimate of drug-likeness (QED) is 0.441. The van der Waals surface area contributed by atoms with E-state index in [0.29, 0.717) is 31.4 Å². The van der Waals surface area contributed by atoms with Crippen molar-refractivity contribution in [1.82, 2.24) is 4.98 Å². The first-order valence-corrected chi connectivity index (χ1v) is 11.7. The van der Waals surface area contributed by atoms with E-state index in [4.69, 9.17) is 4.74 Å². The van der Waals surface area contributed by atoms with E-state index in [1.165, 1.54) is 0 Å². The Morgan fingerprint density at radius 3 is 2.46 bits per heavy atom. The van der Waals surface area contributed by atoms with E-state index in [1.807, 2.05) is 44.2 Å². The molecule has 1 aromatic heterocycles. The normalized spacial score (nSPS) is 16.6. The third-order valence-corrected chi connectivity index (χ3v) is 7.60. The Labute approximate surface area is 167 Å². The Bertz CT molecular complexity index is 797. The third-order valence-electron chi connectivity index (χ3n) is 5.10. The average Bonchev–Trinajstić information content (AvgIpc) is 2.72. The van der Waals surface area contributed by atoms with Gasteiger partial charge in [0.1, 0.15) is 5.41 Å². The first-order valence-electron chi connectivity index (χ1n) is 9.81. The lowest BCUT2D eigenvalue weighted by Gasteiger charge is -2.35. The maximum absolute atomic E-state index is 13.5. The van der Waals surface area contributed by atoms with E-state index in [-0.39, 0.29) is 6.16 Å². The standard InChI is InChI=1S/C22H30NO4P/c1-4-13-22(21(24)27-15-5-2,20-11-7-6-8-12-20)17-28(25,26)18(3)19-10-9-14-23-16-19/h6-12,14,16,18H,4-5,13,15,17H2,1-3H3,(H,25,26). The van der Waals surface area contributed by atoms with Gasteiger partial charge in [-0.05, 0) is 37.0 Å². The van der Waals surface area contributed by atoms with E-state index in [1.54, 1.807) is 31.5 Å². The molecule has 3 unspecified atom stereocenters. The minimum atomic E-state index is -3.75. The zero-order valence-corrected chi connectivity index (χ0v) is 17.8. The number of hydrogen-bond donors (Lipinski definition) is 1. The monoisotopic (exact) mass is 403 g/mol. The average molecular weight is 403 g/mol. The highest BCUT2D eigenvalue weighted by atomic mass is 31.2. The topological polar surface area (TPSA) is 76.5 Å². The van der Waals surface area contributed by atoms with E-state index in [0.717, 1.165) is 5.56 Å². The number of carbonyl (C=O) groups excluding carboxylic acids is 1. The van der Waals surface area contributed by atoms with Crippen LogP contribution in [-0.2, 0) is 19.5 Å². The molecule has 1 N–H and O–H groups in total. The summed E-state index contributed by atoms with van der Waals surface area (Å²) in [5, 5.41) is 0. The van der Waals surface area contributed by atoms with Crippen LogP contribution in [0.1, 0.15) is 56.8 Å². The van der Waals surface area contributed by atoms with Gasteiger partial charge in [0.05, 0.1) is 12.3 Å². The minimum Gasteiger partial charge on any atom is -0.465 e. The molecular weight excluding hydrogens is 373 g/mol. The van der Waals surface area contributed by atoms with Gasteiger partial charge in [0.2, 0.25) is 7.37 Å². The molecule has 0 saturated carbocycles. The Morgan fingerprint density at radius 1 is 1.18 bits per heavy atom. The second-order valence-corrected chi connectivity index (χ2v) is 9.81. The van der Waals surface area contributed by atoms with Crippen LogP contribution in [0.5, 0.6) is 0 Å². The lowest BCUT2D eigenvalue weighted by atomic mass is 9.78. The molecule has 0 radical (unpaired) electrons. The van der Waals surface area contributed by atoms with Crippen molar-refractivity contribution >= 4 is 13.3 Å². The first-order chi connectivity index (χ1) is 13.4. The molecule has 0 saturated heterocycles. The van der Waals surface area contributed by atoms with E-state index >= 15 is 0 Å². The molecule has 0 spiro atoms. The van der Waals surface area contributed by atoms with Crippen LogP contribution in [0.15, 0.2) is 54.9 Å². The smallest absolute Gasteiger partial charge is 0.317 e. The van der Waals surface area contributed by atoms with Crippen LogP contribution in [-0.4, -0.2) is 28.6 Å². The number of benzene rings is 1. The lowest BCUT2D eigenvalue weighted by molar-refractivity contribution is -0.150. The van der Waals surface area contributed by atoms with E-state index in [2.05, 4.69) is 4.98 Å². The third kappa shape index (κ3) is 5.09. The summed E-state index contributed by atoms with van der Waals surface area (Å²) in [6, 6.07) is 12.8. The second-order valence-electron chi connectivity index (χ2n) is 7.21. The van der Waals surface area contributed by atoms with Gasteiger partial charge in [-0.1, -0.05) is 56.7 Å². The molecule has 2 rings (SSSR count). The number of pyridine rings is 1. The van der Waals surface area contributed by atoms with Crippen LogP contribution < -0.4 is 0 Å². The second kappa shape index (κ2) is 9.99. The number of rotatable bonds is 10. The summed E-state index contributed by atoms with van der Waals surface area (Å²) >= 11 is 0. The summed E-state index contributed by atoms with van der Waals surface area (Å²) in [5.74, 6) is -0.421. The molecule has 28 heavy (non-hydrogen) atoms. The van der Waals surface area contributed by atoms with Crippen LogP contribution in [0.2, 0.25) is 0 Å². The van der Waals surface area contributed by atoms with E-state index < -0.39 is 24.4 Å². The van der Waals surface area contributed by atoms with Crippen LogP contribution >= 0.6 is 7.37 Å². The van der Waals surface area contributed by atoms with Crippen molar-refractivity contribution in [3.63, 3.8) is 0 Å². The van der Waals surface area contributed by atoms with Crippen LogP contribution in [0.3, 0.4) is 0 Å². The molecule has 0 aliphatic heterocycles. The van der Waals surface area contributed by atoms with Gasteiger partial charge >= 0.3 is 5.97 Å². The van der Waals surface area contributed by atoms with Crippen LogP contribution in [0, 0.1) is 0 Å². The van der Waals surface area contributed by atoms with Gasteiger partial charge in [-0.2, -0.15) is 0 Å². The number of carbonyl (C=O) groups is 1. The van der Waals surface area contributed by atoms with Crippen LogP contribution in [0.25, 0.3) is 0 Å². The molecule has 152 valence electrons. The predicted octanol–water partition coefficient (Wildman–Crippen LogP) is 5.10. The largest absolute Gasteiger partial charge is 0.465 e. The van der Waals surface area contributed by atoms with Gasteiger partial charge in [0.15, 0.2) is 0 Å². The Morgan fingerprint density at radius 2 is 1.89 bits per heavy atom. The molecule has 0 aliphatic rings. The van der Waals surface area contributed by atoms with Gasteiger partial charge in [0, 0.05) is 18.6 Å². The van der Waals surface area contributed by atoms with Gasteiger partial charge in [0.25, 0.3) is 0 Å². The highest BCUT2D eigenvalue weighted by Gasteiger charge is 2.47. The van der Waals surface area contributed by atoms with Gasteiger partial charge in [-0.3, -0.25) is 14.3 Å². The van der Waals surface area contributed by atoms with Crippen molar-refractivity contribution in [2.24, 2.45) is 0 Å². The molecular formula is C22H30NO4P. The SMILES string of the molecule is CCCOC(=O)C(CCC)(CP(=O)(O)C(C)c1cccnc1)c1ccccc1. The van der Waals surface area contributed by atoms with Crippen molar-refractivity contribution in [3.8, 4) is 0 Å². The lowest BCUT2D eigenvalue weighted by Crippen LogP contribution is -2.41. The minimum absolute atomic E-state index is 0.156. The Balaban J connectivity index is 2.48. The Kier molecular flexibility index (Phi) is 7.97. The highest BCUT2D eigenvalue weighted by molar-refractivity contribution is 7.58. The van der Waals surface area contributed by atoms with E-state index in [9.17, 15) is 14.3 Å². The first kappa shape index (κ1) is 22.3. The number of hydrogen-bond acceptors (Lipinski definition) is 4. The summed E-state index contributed by atoms with van der Waals surface area (Å²) in [5.41, 5.74) is -0.356. The summed E-state index contributed by atoms with van der Waals surface area (Å²) in [6.45, 7) is 5.91. The molecule has 0 fully saturated rings. The van der Waals surface area contributed by atoms with Crippen LogP contribution in [0.4, 0.5) is 0 Å². The maximum atomic E-state index is 13.5. The van der Waals surface area contributed by atoms with Crippen molar-refractivity contribution in [1.29, 1.82) is 0 Å². The fourth-order valence-electron chi connectivity index (χ4n) is 3.50. The zero-order chi connectivity index (χ0) is 20.6. The molecule has 1 heterocycles. The molecule has 6 heteroatoms. The van der Waals surface area contributed by atoms with Gasteiger partial charge < -0.3 is 9.63 Å². The molecule has 0 aliphatic carbocycles. The predicted molar refractivity (Wildman–Crippen MR) is 112 cm³/mol. The van der Waals surface area contributed by atoms with Crippen molar-refractivity contribution in [2.75, 3.05) is 12.8 Å². The fraction of sp³-hybridized carbons (Fsp3) is 0.455. The van der Waals surface area contributed by atoms with Crippen molar-refractivity contribution in [2.45, 2.75) is 51.1 Å². The molecule has 1 aromatic carbocycles. The zero-order valence-electron chi connectivity index (χ0n) is 16.9. The summed E-state index contributed by atoms with van der Waals surface area (Å²) < 4.78 is 19.0. The highest BCUT2D eigenvalue weighted by Crippen LogP contribution is 2.59. The Hall–Kier alpha value is -1.97.